The third-order valence-corrected chi connectivity index (χ3v) is 1.87. The molecule has 0 aliphatic carbocycles. The molecule has 0 aliphatic heterocycles. The smallest absolute Gasteiger partial charge is 0.123 e. The van der Waals surface area contributed by atoms with Crippen molar-refractivity contribution in [2.75, 3.05) is 6.54 Å². The van der Waals surface area contributed by atoms with E-state index in [0.29, 0.717) is 6.54 Å². The van der Waals surface area contributed by atoms with Crippen molar-refractivity contribution in [3.8, 4) is 0 Å². The van der Waals surface area contributed by atoms with Gasteiger partial charge in [0, 0.05) is 6.54 Å². The predicted octanol–water partition coefficient (Wildman–Crippen LogP) is 2.06. The molecule has 0 radical (unpaired) electrons. The van der Waals surface area contributed by atoms with Crippen LogP contribution in [0.3, 0.4) is 0 Å². The van der Waals surface area contributed by atoms with E-state index in [-0.39, 0.29) is 11.2 Å². The van der Waals surface area contributed by atoms with Crippen molar-refractivity contribution in [2.45, 2.75) is 5.38 Å². The highest BCUT2D eigenvalue weighted by atomic mass is 35.5. The highest BCUT2D eigenvalue weighted by Gasteiger charge is 2.03. The second-order valence-corrected chi connectivity index (χ2v) is 2.78. The Kier molecular flexibility index (Phi) is 2.85. The van der Waals surface area contributed by atoms with Gasteiger partial charge in [-0.2, -0.15) is 0 Å². The molecule has 0 saturated heterocycles. The van der Waals surface area contributed by atoms with Gasteiger partial charge in [0.1, 0.15) is 5.82 Å². The largest absolute Gasteiger partial charge is 0.329 e. The summed E-state index contributed by atoms with van der Waals surface area (Å²) >= 11 is 5.80. The summed E-state index contributed by atoms with van der Waals surface area (Å²) in [6, 6.07) is 6.03. The molecule has 1 aromatic rings. The monoisotopic (exact) mass is 173 g/mol. The summed E-state index contributed by atoms with van der Waals surface area (Å²) in [4.78, 5) is 0. The van der Waals surface area contributed by atoms with E-state index in [1.165, 1.54) is 12.1 Å². The minimum absolute atomic E-state index is 0.212. The Morgan fingerprint density at radius 3 is 2.36 bits per heavy atom. The number of nitrogens with two attached hydrogens (primary N) is 1. The summed E-state index contributed by atoms with van der Waals surface area (Å²) in [5, 5.41) is -0.212. The lowest BCUT2D eigenvalue weighted by atomic mass is 10.1. The molecular formula is C8H9ClFN. The molecule has 3 heteroatoms. The molecule has 1 nitrogen and oxygen atoms in total. The summed E-state index contributed by atoms with van der Waals surface area (Å²) in [5.74, 6) is -0.255. The van der Waals surface area contributed by atoms with Gasteiger partial charge in [0.2, 0.25) is 0 Å². The van der Waals surface area contributed by atoms with Crippen LogP contribution in [-0.4, -0.2) is 6.54 Å². The van der Waals surface area contributed by atoms with Crippen LogP contribution in [0.4, 0.5) is 4.39 Å². The lowest BCUT2D eigenvalue weighted by molar-refractivity contribution is 0.627. The maximum absolute atomic E-state index is 12.4. The van der Waals surface area contributed by atoms with Crippen molar-refractivity contribution in [3.63, 3.8) is 0 Å². The number of hydrogen-bond acceptors (Lipinski definition) is 1. The summed E-state index contributed by atoms with van der Waals surface area (Å²) in [6.45, 7) is 0.368. The molecule has 0 bridgehead atoms. The number of benzene rings is 1. The van der Waals surface area contributed by atoms with Crippen LogP contribution in [0.15, 0.2) is 24.3 Å². The summed E-state index contributed by atoms with van der Waals surface area (Å²) in [5.41, 5.74) is 6.17. The van der Waals surface area contributed by atoms with Crippen LogP contribution in [0.2, 0.25) is 0 Å². The Labute approximate surface area is 70.0 Å². The van der Waals surface area contributed by atoms with Crippen molar-refractivity contribution in [1.29, 1.82) is 0 Å². The van der Waals surface area contributed by atoms with Gasteiger partial charge >= 0.3 is 0 Å². The Morgan fingerprint density at radius 2 is 1.91 bits per heavy atom. The fourth-order valence-corrected chi connectivity index (χ4v) is 0.953. The third-order valence-electron chi connectivity index (χ3n) is 1.44. The molecule has 0 heterocycles. The van der Waals surface area contributed by atoms with Crippen LogP contribution in [0.25, 0.3) is 0 Å². The molecule has 2 N–H and O–H groups in total. The lowest BCUT2D eigenvalue weighted by Crippen LogP contribution is -2.06. The zero-order chi connectivity index (χ0) is 8.27. The fraction of sp³-hybridized carbons (Fsp3) is 0.250. The van der Waals surface area contributed by atoms with Crippen LogP contribution in [0.5, 0.6) is 0 Å². The van der Waals surface area contributed by atoms with Gasteiger partial charge < -0.3 is 5.73 Å². The molecule has 1 aromatic carbocycles. The second-order valence-electron chi connectivity index (χ2n) is 2.25. The van der Waals surface area contributed by atoms with Crippen molar-refractivity contribution in [2.24, 2.45) is 5.73 Å². The van der Waals surface area contributed by atoms with E-state index in [0.717, 1.165) is 5.56 Å². The molecule has 0 spiro atoms. The normalized spacial score (nSPS) is 13.0. The zero-order valence-corrected chi connectivity index (χ0v) is 6.68. The minimum atomic E-state index is -0.255. The number of rotatable bonds is 2. The molecule has 0 aromatic heterocycles. The first-order chi connectivity index (χ1) is 5.24. The van der Waals surface area contributed by atoms with E-state index in [4.69, 9.17) is 17.3 Å². The number of alkyl halides is 1. The third kappa shape index (κ3) is 2.17. The van der Waals surface area contributed by atoms with Gasteiger partial charge in [-0.15, -0.1) is 11.6 Å². The van der Waals surface area contributed by atoms with E-state index in [1.54, 1.807) is 12.1 Å². The van der Waals surface area contributed by atoms with E-state index in [2.05, 4.69) is 0 Å². The van der Waals surface area contributed by atoms with Crippen molar-refractivity contribution >= 4 is 11.6 Å². The van der Waals surface area contributed by atoms with Gasteiger partial charge in [0.25, 0.3) is 0 Å². The van der Waals surface area contributed by atoms with E-state index in [9.17, 15) is 4.39 Å². The lowest BCUT2D eigenvalue weighted by Gasteiger charge is -2.04. The fourth-order valence-electron chi connectivity index (χ4n) is 0.808. The van der Waals surface area contributed by atoms with Gasteiger partial charge in [0.05, 0.1) is 5.38 Å². The van der Waals surface area contributed by atoms with E-state index < -0.39 is 0 Å². The van der Waals surface area contributed by atoms with Crippen LogP contribution in [0, 0.1) is 5.82 Å². The highest BCUT2D eigenvalue weighted by Crippen LogP contribution is 2.18. The van der Waals surface area contributed by atoms with Gasteiger partial charge in [-0.25, -0.2) is 4.39 Å². The van der Waals surface area contributed by atoms with Gasteiger partial charge in [-0.05, 0) is 17.7 Å². The Bertz CT molecular complexity index is 222. The van der Waals surface area contributed by atoms with E-state index in [1.807, 2.05) is 0 Å². The molecule has 1 rings (SSSR count). The topological polar surface area (TPSA) is 26.0 Å². The van der Waals surface area contributed by atoms with Crippen LogP contribution < -0.4 is 5.73 Å². The number of hydrogen-bond donors (Lipinski definition) is 1. The van der Waals surface area contributed by atoms with E-state index >= 15 is 0 Å². The zero-order valence-electron chi connectivity index (χ0n) is 5.93. The minimum Gasteiger partial charge on any atom is -0.329 e. The van der Waals surface area contributed by atoms with Gasteiger partial charge in [0.15, 0.2) is 0 Å². The maximum atomic E-state index is 12.4. The second kappa shape index (κ2) is 3.69. The van der Waals surface area contributed by atoms with Crippen molar-refractivity contribution in [1.82, 2.24) is 0 Å². The molecule has 0 fully saturated rings. The first kappa shape index (κ1) is 8.50. The van der Waals surface area contributed by atoms with Crippen LogP contribution in [-0.2, 0) is 0 Å². The summed E-state index contributed by atoms with van der Waals surface area (Å²) in [6.07, 6.45) is 0. The predicted molar refractivity (Wildman–Crippen MR) is 44.0 cm³/mol. The molecular weight excluding hydrogens is 165 g/mol. The van der Waals surface area contributed by atoms with Crippen molar-refractivity contribution < 1.29 is 4.39 Å². The maximum Gasteiger partial charge on any atom is 0.123 e. The number of halogens is 2. The quantitative estimate of drug-likeness (QED) is 0.681. The van der Waals surface area contributed by atoms with Crippen molar-refractivity contribution in [3.05, 3.63) is 35.6 Å². The van der Waals surface area contributed by atoms with Gasteiger partial charge in [-0.1, -0.05) is 12.1 Å². The average Bonchev–Trinajstić information content (AvgIpc) is 2.05. The average molecular weight is 174 g/mol. The molecule has 0 amide bonds. The molecule has 0 aliphatic rings. The highest BCUT2D eigenvalue weighted by molar-refractivity contribution is 6.20. The Morgan fingerprint density at radius 1 is 1.36 bits per heavy atom. The Hall–Kier alpha value is -0.600. The van der Waals surface area contributed by atoms with Crippen LogP contribution >= 0.6 is 11.6 Å². The Balaban J connectivity index is 2.81. The standard InChI is InChI=1S/C8H9ClFN/c9-8(5-11)6-1-3-7(10)4-2-6/h1-4,8H,5,11H2/t8-/m0/s1. The molecule has 0 unspecified atom stereocenters. The first-order valence-corrected chi connectivity index (χ1v) is 3.77. The SMILES string of the molecule is NC[C@H](Cl)c1ccc(F)cc1. The molecule has 60 valence electrons. The van der Waals surface area contributed by atoms with Crippen LogP contribution in [0.1, 0.15) is 10.9 Å². The molecule has 0 saturated carbocycles. The summed E-state index contributed by atoms with van der Waals surface area (Å²) in [7, 11) is 0. The molecule has 11 heavy (non-hydrogen) atoms. The van der Waals surface area contributed by atoms with Gasteiger partial charge in [-0.3, -0.25) is 0 Å². The first-order valence-electron chi connectivity index (χ1n) is 3.33. The summed E-state index contributed by atoms with van der Waals surface area (Å²) < 4.78 is 12.4. The molecule has 1 atom stereocenters.